The Morgan fingerprint density at radius 1 is 0.357 bits per heavy atom. The van der Waals surface area contributed by atoms with Crippen molar-refractivity contribution in [3.63, 3.8) is 0 Å². The Balaban J connectivity index is 0.000000123. The van der Waals surface area contributed by atoms with Crippen molar-refractivity contribution in [2.45, 2.75) is 110 Å². The molecule has 3 spiro atoms. The number of aliphatic hydroxyl groups is 1. The zero-order valence-corrected chi connectivity index (χ0v) is 57.2. The number of epoxide rings is 6. The number of carbonyl (C=O) groups is 3. The summed E-state index contributed by atoms with van der Waals surface area (Å²) in [6.45, 7) is 18.7. The van der Waals surface area contributed by atoms with Crippen molar-refractivity contribution in [3.05, 3.63) is 179 Å². The number of benzene rings is 6. The number of carbonyl (C=O) groups excluding carboxylic acids is 3. The molecule has 6 aromatic rings. The smallest absolute Gasteiger partial charge is 0.178 e. The van der Waals surface area contributed by atoms with Gasteiger partial charge in [0.05, 0.1) is 39.6 Å². The fraction of sp³-hybridized carbons (Fsp3) is 0.444. The summed E-state index contributed by atoms with van der Waals surface area (Å²) in [7, 11) is 3.25. The summed E-state index contributed by atoms with van der Waals surface area (Å²) in [5.41, 5.74) is 6.88. The van der Waals surface area contributed by atoms with Crippen LogP contribution in [0.3, 0.4) is 0 Å². The molecule has 6 atom stereocenters. The fourth-order valence-electron chi connectivity index (χ4n) is 13.2. The van der Waals surface area contributed by atoms with Gasteiger partial charge in [-0.2, -0.15) is 0 Å². The second kappa shape index (κ2) is 29.5. The van der Waals surface area contributed by atoms with Crippen LogP contribution < -0.4 is 28.4 Å². The highest BCUT2D eigenvalue weighted by molar-refractivity contribution is 6.03. The number of allylic oxidation sites excluding steroid dienone is 12. The van der Waals surface area contributed by atoms with E-state index in [0.717, 1.165) is 113 Å². The molecule has 0 amide bonds. The van der Waals surface area contributed by atoms with Gasteiger partial charge in [-0.3, -0.25) is 14.4 Å². The van der Waals surface area contributed by atoms with E-state index in [-0.39, 0.29) is 76.8 Å². The summed E-state index contributed by atoms with van der Waals surface area (Å²) in [5, 5.41) is 14.8. The molecule has 516 valence electrons. The first kappa shape index (κ1) is 68.5. The van der Waals surface area contributed by atoms with E-state index in [1.54, 1.807) is 57.6 Å². The van der Waals surface area contributed by atoms with Crippen LogP contribution in [0.1, 0.15) is 68.0 Å². The Hall–Kier alpha value is -7.97. The number of ketones is 3. The topological polar surface area (TPSA) is 211 Å². The summed E-state index contributed by atoms with van der Waals surface area (Å²) < 4.78 is 73.0. The molecule has 6 saturated heterocycles. The maximum absolute atomic E-state index is 11.8. The number of aliphatic hydroxyl groups excluding tert-OH is 1. The molecule has 17 heteroatoms. The van der Waals surface area contributed by atoms with E-state index in [0.29, 0.717) is 45.1 Å². The lowest BCUT2D eigenvalue weighted by molar-refractivity contribution is -0.111. The number of rotatable bonds is 18. The van der Waals surface area contributed by atoms with E-state index in [1.165, 1.54) is 65.7 Å². The monoisotopic (exact) mass is 1330 g/mol. The second-order valence-corrected chi connectivity index (χ2v) is 28.8. The molecule has 6 aromatic carbocycles. The predicted octanol–water partition coefficient (Wildman–Crippen LogP) is 11.8. The third-order valence-corrected chi connectivity index (χ3v) is 18.4. The third-order valence-electron chi connectivity index (χ3n) is 18.4. The molecule has 98 heavy (non-hydrogen) atoms. The molecule has 0 saturated carbocycles. The molecule has 0 bridgehead atoms. The van der Waals surface area contributed by atoms with Crippen molar-refractivity contribution in [2.75, 3.05) is 100 Å². The molecular formula is C81H90O17. The van der Waals surface area contributed by atoms with Crippen LogP contribution in [-0.2, 0) is 86.1 Å². The molecule has 0 radical (unpaired) electrons. The summed E-state index contributed by atoms with van der Waals surface area (Å²) in [6, 6.07) is 25.1. The first-order chi connectivity index (χ1) is 47.4. The molecule has 6 aliphatic heterocycles. The molecular weight excluding hydrogens is 1240 g/mol. The lowest BCUT2D eigenvalue weighted by atomic mass is 9.68. The molecule has 17 nitrogen and oxygen atoms in total. The van der Waals surface area contributed by atoms with E-state index in [1.807, 2.05) is 36.5 Å². The van der Waals surface area contributed by atoms with Crippen LogP contribution in [0, 0.1) is 21.7 Å². The standard InChI is InChI=1S/3C24H22O5.C5H12.2C2H6O/c3*25-16-5-7-24(8-6-16)9-19-21(28-13-17-11-26-17)3-1-15-2-4-22(20(10-24)23(15)19)29-14-18-12-27-18;1-5(2,3)4;1-3-2;1-2-3/h3*1-8,17-18H,9-14H2;1-4H3;1-2H3;3H,2H2,1H3. The number of methoxy groups -OCH3 is 1. The van der Waals surface area contributed by atoms with Crippen molar-refractivity contribution < 1.29 is 81.1 Å². The van der Waals surface area contributed by atoms with Gasteiger partial charge < -0.3 is 66.7 Å². The van der Waals surface area contributed by atoms with Gasteiger partial charge in [0, 0.05) is 70.5 Å². The van der Waals surface area contributed by atoms with Crippen LogP contribution in [0.15, 0.2) is 146 Å². The molecule has 6 heterocycles. The van der Waals surface area contributed by atoms with Crippen molar-refractivity contribution in [3.8, 4) is 34.5 Å². The van der Waals surface area contributed by atoms with Gasteiger partial charge in [0.15, 0.2) is 17.3 Å². The third kappa shape index (κ3) is 17.4. The van der Waals surface area contributed by atoms with Gasteiger partial charge >= 0.3 is 0 Å². The minimum absolute atomic E-state index is 0.0393. The molecule has 6 fully saturated rings. The Kier molecular flexibility index (Phi) is 20.6. The van der Waals surface area contributed by atoms with Crippen LogP contribution in [0.5, 0.6) is 34.5 Å². The van der Waals surface area contributed by atoms with Crippen molar-refractivity contribution in [1.82, 2.24) is 0 Å². The minimum atomic E-state index is -0.237. The number of hydrogen-bond donors (Lipinski definition) is 1. The summed E-state index contributed by atoms with van der Waals surface area (Å²) in [6.07, 6.45) is 28.4. The Labute approximate surface area is 573 Å². The molecule has 12 aliphatic rings. The highest BCUT2D eigenvalue weighted by atomic mass is 16.6. The molecule has 0 aromatic heterocycles. The van der Waals surface area contributed by atoms with Crippen molar-refractivity contribution in [2.24, 2.45) is 21.7 Å². The van der Waals surface area contributed by atoms with Crippen molar-refractivity contribution >= 4 is 49.7 Å². The normalized spacial score (nSPS) is 23.6. The maximum atomic E-state index is 11.8. The Bertz CT molecular complexity index is 3490. The number of ether oxygens (including phenoxy) is 13. The van der Waals surface area contributed by atoms with Gasteiger partial charge in [-0.1, -0.05) is 101 Å². The average Bonchev–Trinajstić information content (AvgIpc) is 1.75. The highest BCUT2D eigenvalue weighted by Gasteiger charge is 2.41. The molecule has 6 aliphatic carbocycles. The van der Waals surface area contributed by atoms with E-state index in [2.05, 4.69) is 105 Å². The largest absolute Gasteiger partial charge is 0.490 e. The average molecular weight is 1340 g/mol. The summed E-state index contributed by atoms with van der Waals surface area (Å²) >= 11 is 0. The van der Waals surface area contributed by atoms with Gasteiger partial charge in [-0.25, -0.2) is 0 Å². The molecule has 6 unspecified atom stereocenters. The quantitative estimate of drug-likeness (QED) is 0.0793. The van der Waals surface area contributed by atoms with Gasteiger partial charge in [0.25, 0.3) is 0 Å². The highest BCUT2D eigenvalue weighted by Crippen LogP contribution is 2.52. The lowest BCUT2D eigenvalue weighted by Gasteiger charge is -2.36. The second-order valence-electron chi connectivity index (χ2n) is 28.8. The SMILES string of the molecule is CC(C)(C)C.CCO.COC.O=C1C=CC2(C=C1)Cc1c(OCC3CO3)ccc3ccc(OCC4CO4)c(c13)C2.O=C1C=CC2(C=C1)Cc1c(OCC3CO3)ccc3ccc(OCC4CO4)c(c13)C2.O=C1C=CC2(C=C1)Cc1c(OCC3CO3)ccc3ccc(OCC4CO4)c(c13)C2. The Morgan fingerprint density at radius 3 is 0.653 bits per heavy atom. The fourth-order valence-corrected chi connectivity index (χ4v) is 13.2. The maximum Gasteiger partial charge on any atom is 0.178 e. The van der Waals surface area contributed by atoms with E-state index in [4.69, 9.17) is 61.9 Å². The van der Waals surface area contributed by atoms with Crippen LogP contribution >= 0.6 is 0 Å². The summed E-state index contributed by atoms with van der Waals surface area (Å²) in [4.78, 5) is 35.3. The van der Waals surface area contributed by atoms with Gasteiger partial charge in [-0.15, -0.1) is 0 Å². The van der Waals surface area contributed by atoms with Crippen molar-refractivity contribution in [1.29, 1.82) is 0 Å². The number of hydrogen-bond acceptors (Lipinski definition) is 17. The Morgan fingerprint density at radius 2 is 0.510 bits per heavy atom. The van der Waals surface area contributed by atoms with E-state index in [9.17, 15) is 14.4 Å². The van der Waals surface area contributed by atoms with Crippen LogP contribution in [-0.4, -0.2) is 159 Å². The van der Waals surface area contributed by atoms with Gasteiger partial charge in [0.2, 0.25) is 0 Å². The first-order valence-electron chi connectivity index (χ1n) is 34.4. The zero-order valence-electron chi connectivity index (χ0n) is 57.2. The predicted molar refractivity (Wildman–Crippen MR) is 373 cm³/mol. The lowest BCUT2D eigenvalue weighted by Crippen LogP contribution is -2.29. The summed E-state index contributed by atoms with van der Waals surface area (Å²) in [5.74, 6) is 5.51. The van der Waals surface area contributed by atoms with Gasteiger partial charge in [0.1, 0.15) is 111 Å². The van der Waals surface area contributed by atoms with Crippen LogP contribution in [0.2, 0.25) is 0 Å². The van der Waals surface area contributed by atoms with Crippen LogP contribution in [0.4, 0.5) is 0 Å². The molecule has 1 N–H and O–H groups in total. The first-order valence-corrected chi connectivity index (χ1v) is 34.4. The minimum Gasteiger partial charge on any atom is -0.490 e. The van der Waals surface area contributed by atoms with Crippen LogP contribution in [0.25, 0.3) is 32.3 Å². The van der Waals surface area contributed by atoms with E-state index >= 15 is 0 Å². The van der Waals surface area contributed by atoms with Gasteiger partial charge in [-0.05, 0) is 156 Å². The zero-order chi connectivity index (χ0) is 68.2. The molecule has 18 rings (SSSR count). The van der Waals surface area contributed by atoms with E-state index < -0.39 is 0 Å².